The molecule has 3 aliphatic heterocycles. The van der Waals surface area contributed by atoms with Crippen LogP contribution in [0, 0.1) is 29.6 Å². The van der Waals surface area contributed by atoms with Gasteiger partial charge in [0, 0.05) is 52.0 Å². The van der Waals surface area contributed by atoms with Crippen molar-refractivity contribution in [3.8, 4) is 0 Å². The van der Waals surface area contributed by atoms with Gasteiger partial charge in [0.25, 0.3) is 11.7 Å². The zero-order chi connectivity index (χ0) is 49.1. The number of carbonyl (C=O) groups is 4. The van der Waals surface area contributed by atoms with Gasteiger partial charge in [0.1, 0.15) is 24.0 Å². The summed E-state index contributed by atoms with van der Waals surface area (Å²) in [7, 11) is 4.66. The van der Waals surface area contributed by atoms with Crippen LogP contribution >= 0.6 is 0 Å². The smallest absolute Gasteiger partial charge is 0.329 e. The molecule has 2 saturated heterocycles. The van der Waals surface area contributed by atoms with Crippen LogP contribution in [-0.4, -0.2) is 126 Å². The van der Waals surface area contributed by atoms with Gasteiger partial charge in [-0.2, -0.15) is 0 Å². The summed E-state index contributed by atoms with van der Waals surface area (Å²) in [5.41, 5.74) is 1.61. The lowest BCUT2D eigenvalue weighted by Gasteiger charge is -2.47. The topological polar surface area (TPSA) is 178 Å². The fraction of sp³-hybridized carbons (Fsp3) is 0.667. The first-order valence-corrected chi connectivity index (χ1v) is 24.6. The number of esters is 1. The van der Waals surface area contributed by atoms with Crippen LogP contribution in [0.4, 0.5) is 0 Å². The average Bonchev–Trinajstić information content (AvgIpc) is 3.32. The van der Waals surface area contributed by atoms with Gasteiger partial charge < -0.3 is 43.9 Å². The molecule has 13 heteroatoms. The number of allylic oxidation sites excluding steroid dienone is 5. The molecule has 14 unspecified atom stereocenters. The number of ketones is 2. The van der Waals surface area contributed by atoms with Crippen molar-refractivity contribution < 1.29 is 58.2 Å². The van der Waals surface area contributed by atoms with Crippen LogP contribution in [0.2, 0.25) is 0 Å². The van der Waals surface area contributed by atoms with Gasteiger partial charge >= 0.3 is 5.97 Å². The number of benzene rings is 1. The summed E-state index contributed by atoms with van der Waals surface area (Å²) in [6.45, 7) is 11.3. The van der Waals surface area contributed by atoms with Crippen molar-refractivity contribution in [1.29, 1.82) is 0 Å². The first-order valence-electron chi connectivity index (χ1n) is 24.6. The van der Waals surface area contributed by atoms with Crippen molar-refractivity contribution in [2.75, 3.05) is 27.9 Å². The molecule has 2 bridgehead atoms. The third-order valence-electron chi connectivity index (χ3n) is 14.9. The minimum Gasteiger partial charge on any atom is -0.456 e. The highest BCUT2D eigenvalue weighted by Gasteiger charge is 2.56. The number of cyclic esters (lactones) is 1. The van der Waals surface area contributed by atoms with Crippen LogP contribution in [0.15, 0.2) is 71.9 Å². The second kappa shape index (κ2) is 24.6. The van der Waals surface area contributed by atoms with E-state index in [-0.39, 0.29) is 43.4 Å². The number of ether oxygens (including phenoxy) is 5. The maximum atomic E-state index is 14.5. The summed E-state index contributed by atoms with van der Waals surface area (Å²) in [4.78, 5) is 58.4. The molecule has 0 spiro atoms. The molecule has 4 aliphatic rings. The van der Waals surface area contributed by atoms with E-state index in [4.69, 9.17) is 23.7 Å². The van der Waals surface area contributed by atoms with Gasteiger partial charge in [0.15, 0.2) is 0 Å². The zero-order valence-corrected chi connectivity index (χ0v) is 41.4. The van der Waals surface area contributed by atoms with E-state index in [0.29, 0.717) is 63.4 Å². The van der Waals surface area contributed by atoms with E-state index in [9.17, 15) is 34.5 Å². The number of amides is 1. The number of piperidine rings is 1. The monoisotopic (exact) mass is 934 g/mol. The number of carbonyl (C=O) groups excluding carboxylic acids is 4. The second-order valence-electron chi connectivity index (χ2n) is 20.0. The molecule has 14 atom stereocenters. The minimum atomic E-state index is -2.52. The summed E-state index contributed by atoms with van der Waals surface area (Å²) in [5, 5.41) is 35.8. The summed E-state index contributed by atoms with van der Waals surface area (Å²) in [6.07, 6.45) is 12.0. The molecule has 3 heterocycles. The Morgan fingerprint density at radius 2 is 1.61 bits per heavy atom. The Morgan fingerprint density at radius 1 is 0.910 bits per heavy atom. The van der Waals surface area contributed by atoms with E-state index in [0.717, 1.165) is 11.1 Å². The molecule has 372 valence electrons. The highest BCUT2D eigenvalue weighted by Crippen LogP contribution is 2.41. The first kappa shape index (κ1) is 54.1. The number of fused-ring (bicyclic) bond motifs is 3. The van der Waals surface area contributed by atoms with Gasteiger partial charge in [0.05, 0.1) is 30.0 Å². The second-order valence-corrected chi connectivity index (χ2v) is 20.0. The molecule has 3 fully saturated rings. The van der Waals surface area contributed by atoms with Crippen LogP contribution in [-0.2, 0) is 42.9 Å². The lowest BCUT2D eigenvalue weighted by Crippen LogP contribution is -2.64. The summed E-state index contributed by atoms with van der Waals surface area (Å²) < 4.78 is 30.3. The SMILES string of the molecule is CCC1/C=C(\C)CC(C)CC(OC)C2OC(O)(C(=O)C(=O)N3CCCCC3C(=O)OC(C(C)=CC3CCC(O)(CC=CC=Cc4ccccc4)C(OC)C3)C(C)C(O)CC1=O)C(C)CC2OC. The van der Waals surface area contributed by atoms with Gasteiger partial charge in [-0.3, -0.25) is 14.4 Å². The van der Waals surface area contributed by atoms with E-state index < -0.39 is 89.5 Å². The molecular formula is C54H79NO12. The van der Waals surface area contributed by atoms with Crippen molar-refractivity contribution in [3.63, 3.8) is 0 Å². The van der Waals surface area contributed by atoms with Gasteiger partial charge in [0.2, 0.25) is 5.79 Å². The molecular weight excluding hydrogens is 855 g/mol. The number of nitrogens with zero attached hydrogens (tertiary/aromatic N) is 1. The molecule has 1 aliphatic carbocycles. The lowest BCUT2D eigenvalue weighted by atomic mass is 9.74. The molecule has 1 amide bonds. The molecule has 5 rings (SSSR count). The predicted octanol–water partition coefficient (Wildman–Crippen LogP) is 7.50. The molecule has 1 aromatic rings. The molecule has 0 radical (unpaired) electrons. The highest BCUT2D eigenvalue weighted by atomic mass is 16.7. The van der Waals surface area contributed by atoms with Gasteiger partial charge in [-0.15, -0.1) is 0 Å². The van der Waals surface area contributed by atoms with E-state index in [1.807, 2.05) is 87.6 Å². The van der Waals surface area contributed by atoms with Crippen molar-refractivity contribution >= 4 is 29.5 Å². The van der Waals surface area contributed by atoms with E-state index in [1.54, 1.807) is 21.0 Å². The molecule has 13 nitrogen and oxygen atoms in total. The number of aliphatic hydroxyl groups excluding tert-OH is 1. The third-order valence-corrected chi connectivity index (χ3v) is 14.9. The first-order chi connectivity index (χ1) is 31.9. The van der Waals surface area contributed by atoms with Crippen molar-refractivity contribution in [1.82, 2.24) is 4.90 Å². The van der Waals surface area contributed by atoms with Crippen LogP contribution in [0.1, 0.15) is 124 Å². The van der Waals surface area contributed by atoms with Crippen LogP contribution in [0.5, 0.6) is 0 Å². The maximum absolute atomic E-state index is 14.5. The third kappa shape index (κ3) is 13.5. The number of rotatable bonds is 10. The predicted molar refractivity (Wildman–Crippen MR) is 256 cm³/mol. The standard InChI is InChI=1S/C54H79NO12/c1-10-41-28-34(2)27-35(3)29-45(63-7)49-46(64-8)31-37(5)54(62,67-49)50(58)51(59)55-26-18-16-22-42(55)52(60)66-48(38(6)43(56)33-44(41)57)36(4)30-40-23-25-53(61,47(32-40)65-9)24-17-12-15-21-39-19-13-11-14-20-39/h11-15,17,19-21,28,30,35,37-38,40-43,45-49,56,61-62H,10,16,18,22-27,29,31-33H2,1-9H3/b17-12?,21-15?,34-28+,36-30?. The largest absolute Gasteiger partial charge is 0.456 e. The number of aliphatic hydroxyl groups is 3. The number of hydrogen-bond donors (Lipinski definition) is 3. The Kier molecular flexibility index (Phi) is 19.9. The molecule has 1 saturated carbocycles. The lowest BCUT2D eigenvalue weighted by molar-refractivity contribution is -0.302. The summed E-state index contributed by atoms with van der Waals surface area (Å²) in [5.74, 6) is -7.72. The van der Waals surface area contributed by atoms with Crippen LogP contribution in [0.3, 0.4) is 0 Å². The van der Waals surface area contributed by atoms with Crippen molar-refractivity contribution in [2.45, 2.75) is 173 Å². The Morgan fingerprint density at radius 3 is 2.28 bits per heavy atom. The van der Waals surface area contributed by atoms with E-state index in [2.05, 4.69) is 6.92 Å². The summed E-state index contributed by atoms with van der Waals surface area (Å²) >= 11 is 0. The summed E-state index contributed by atoms with van der Waals surface area (Å²) in [6, 6.07) is 8.80. The fourth-order valence-electron chi connectivity index (χ4n) is 10.8. The Hall–Kier alpha value is -3.82. The van der Waals surface area contributed by atoms with E-state index in [1.165, 1.54) is 19.1 Å². The Labute approximate surface area is 399 Å². The Bertz CT molecular complexity index is 1950. The number of methoxy groups -OCH3 is 3. The zero-order valence-electron chi connectivity index (χ0n) is 41.4. The molecule has 1 aromatic carbocycles. The van der Waals surface area contributed by atoms with Gasteiger partial charge in [-0.1, -0.05) is 100 Å². The normalized spacial score (nSPS) is 38.0. The van der Waals surface area contributed by atoms with Gasteiger partial charge in [-0.05, 0) is 107 Å². The van der Waals surface area contributed by atoms with Crippen molar-refractivity contribution in [3.05, 3.63) is 77.4 Å². The number of Topliss-reactive ketones (excluding diaryl/α,β-unsaturated/α-hetero) is 2. The minimum absolute atomic E-state index is 0.0220. The van der Waals surface area contributed by atoms with Gasteiger partial charge in [-0.25, -0.2) is 4.79 Å². The highest BCUT2D eigenvalue weighted by molar-refractivity contribution is 6.39. The van der Waals surface area contributed by atoms with Crippen LogP contribution < -0.4 is 0 Å². The molecule has 0 aromatic heterocycles. The fourth-order valence-corrected chi connectivity index (χ4v) is 10.8. The van der Waals surface area contributed by atoms with E-state index >= 15 is 0 Å². The maximum Gasteiger partial charge on any atom is 0.329 e. The average molecular weight is 934 g/mol. The molecule has 3 N–H and O–H groups in total. The quantitative estimate of drug-likeness (QED) is 0.0913. The Balaban J connectivity index is 1.45. The van der Waals surface area contributed by atoms with Crippen molar-refractivity contribution in [2.24, 2.45) is 29.6 Å². The van der Waals surface area contributed by atoms with Crippen LogP contribution in [0.25, 0.3) is 6.08 Å². The molecule has 67 heavy (non-hydrogen) atoms. The number of hydrogen-bond acceptors (Lipinski definition) is 12.